The van der Waals surface area contributed by atoms with Crippen molar-refractivity contribution in [2.24, 2.45) is 16.8 Å². The number of amides is 1. The lowest BCUT2D eigenvalue weighted by Gasteiger charge is -2.29. The number of anilines is 2. The molecular weight excluding hydrogens is 404 g/mol. The summed E-state index contributed by atoms with van der Waals surface area (Å²) in [6, 6.07) is 12.2. The molecule has 0 bridgehead atoms. The van der Waals surface area contributed by atoms with E-state index in [9.17, 15) is 4.79 Å². The molecule has 32 heavy (non-hydrogen) atoms. The number of pyridine rings is 1. The molecule has 9 nitrogen and oxygen atoms in total. The number of nitrogens with two attached hydrogens (primary N) is 1. The van der Waals surface area contributed by atoms with Crippen LogP contribution < -0.4 is 16.4 Å². The number of nitrogens with one attached hydrogen (secondary N) is 4. The fraction of sp³-hybridized carbons (Fsp3) is 0.261. The first-order valence-corrected chi connectivity index (χ1v) is 10.4. The maximum Gasteiger partial charge on any atom is 0.274 e. The Labute approximate surface area is 187 Å². The van der Waals surface area contributed by atoms with E-state index < -0.39 is 0 Å². The third-order valence-corrected chi connectivity index (χ3v) is 5.24. The summed E-state index contributed by atoms with van der Waals surface area (Å²) < 4.78 is 0. The number of benzene rings is 1. The Bertz CT molecular complexity index is 1030. The van der Waals surface area contributed by atoms with Crippen molar-refractivity contribution in [1.82, 2.24) is 9.88 Å². The molecule has 0 aliphatic carbocycles. The lowest BCUT2D eigenvalue weighted by atomic mass is 9.95. The summed E-state index contributed by atoms with van der Waals surface area (Å²) in [5.74, 6) is -0.102. The van der Waals surface area contributed by atoms with Gasteiger partial charge >= 0.3 is 0 Å². The lowest BCUT2D eigenvalue weighted by Crippen LogP contribution is -2.32. The van der Waals surface area contributed by atoms with Crippen LogP contribution in [0.2, 0.25) is 0 Å². The maximum absolute atomic E-state index is 12.5. The third kappa shape index (κ3) is 6.08. The quantitative estimate of drug-likeness (QED) is 0.317. The zero-order valence-corrected chi connectivity index (χ0v) is 18.0. The van der Waals surface area contributed by atoms with E-state index in [-0.39, 0.29) is 17.5 Å². The maximum atomic E-state index is 12.5. The van der Waals surface area contributed by atoms with Gasteiger partial charge in [0.15, 0.2) is 0 Å². The van der Waals surface area contributed by atoms with E-state index in [2.05, 4.69) is 32.7 Å². The first kappa shape index (κ1) is 22.8. The van der Waals surface area contributed by atoms with Crippen LogP contribution in [0.3, 0.4) is 0 Å². The molecule has 3 rings (SSSR count). The van der Waals surface area contributed by atoms with Crippen molar-refractivity contribution in [1.29, 1.82) is 10.9 Å². The van der Waals surface area contributed by atoms with Crippen LogP contribution in [-0.2, 0) is 0 Å². The normalized spacial score (nSPS) is 17.5. The number of allylic oxidation sites excluding steroid dienone is 1. The number of rotatable bonds is 8. The van der Waals surface area contributed by atoms with Crippen molar-refractivity contribution in [3.63, 3.8) is 0 Å². The molecule has 1 aliphatic rings. The molecule has 1 atom stereocenters. The van der Waals surface area contributed by atoms with Gasteiger partial charge in [0.1, 0.15) is 5.69 Å². The second kappa shape index (κ2) is 11.0. The monoisotopic (exact) mass is 432 g/mol. The Morgan fingerprint density at radius 1 is 1.22 bits per heavy atom. The predicted octanol–water partition coefficient (Wildman–Crippen LogP) is 3.91. The van der Waals surface area contributed by atoms with E-state index in [1.807, 2.05) is 12.1 Å². The number of hydrogen-bond acceptors (Lipinski definition) is 8. The van der Waals surface area contributed by atoms with Gasteiger partial charge in [0.25, 0.3) is 5.91 Å². The molecule has 1 amide bonds. The van der Waals surface area contributed by atoms with Gasteiger partial charge in [0.05, 0.1) is 17.1 Å². The molecule has 9 heteroatoms. The Morgan fingerprint density at radius 2 is 1.94 bits per heavy atom. The standard InChI is InChI=1S/C23H28N8O/c1-31-13-3-4-16(15-31)22(30-26)14-27-17-7-9-18(10-8-17)28-23(32)21-6-2-5-20(29-21)19(25)11-12-24/h2,5-12,14,16,24,26-27H,3-4,13,15,25H2,1H3,(H,28,32)/b19-11-,22-14-,24-12?,30-26?. The Balaban J connectivity index is 1.62. The summed E-state index contributed by atoms with van der Waals surface area (Å²) in [4.78, 5) is 19.1. The number of aromatic nitrogens is 1. The van der Waals surface area contributed by atoms with Crippen LogP contribution in [0.4, 0.5) is 11.4 Å². The first-order chi connectivity index (χ1) is 15.5. The van der Waals surface area contributed by atoms with Crippen molar-refractivity contribution in [2.75, 3.05) is 30.8 Å². The SMILES string of the molecule is CN1CCCC(/C(=C/Nc2ccc(NC(=O)c3cccc(/C(N)=C/C=N)n3)cc2)N=N)C1. The second-order valence-corrected chi connectivity index (χ2v) is 7.65. The molecule has 1 aromatic carbocycles. The fourth-order valence-electron chi connectivity index (χ4n) is 3.55. The van der Waals surface area contributed by atoms with Crippen LogP contribution in [-0.4, -0.2) is 42.1 Å². The van der Waals surface area contributed by atoms with E-state index in [1.165, 1.54) is 6.08 Å². The van der Waals surface area contributed by atoms with Crippen LogP contribution in [0.5, 0.6) is 0 Å². The van der Waals surface area contributed by atoms with Gasteiger partial charge in [-0.3, -0.25) is 4.79 Å². The minimum Gasteiger partial charge on any atom is -0.397 e. The molecule has 166 valence electrons. The number of likely N-dealkylation sites (tertiary alicyclic amines) is 1. The van der Waals surface area contributed by atoms with Crippen LogP contribution in [0, 0.1) is 16.9 Å². The molecule has 2 aromatic rings. The van der Waals surface area contributed by atoms with Gasteiger partial charge in [0, 0.05) is 36.3 Å². The molecule has 0 spiro atoms. The van der Waals surface area contributed by atoms with Gasteiger partial charge in [-0.15, -0.1) is 0 Å². The summed E-state index contributed by atoms with van der Waals surface area (Å²) in [5, 5.41) is 16.8. The molecule has 1 unspecified atom stereocenters. The number of hydrogen-bond donors (Lipinski definition) is 5. The highest BCUT2D eigenvalue weighted by Crippen LogP contribution is 2.24. The van der Waals surface area contributed by atoms with E-state index in [4.69, 9.17) is 16.7 Å². The minimum absolute atomic E-state index is 0.230. The molecule has 1 saturated heterocycles. The van der Waals surface area contributed by atoms with Crippen molar-refractivity contribution in [2.45, 2.75) is 12.8 Å². The van der Waals surface area contributed by atoms with E-state index in [1.54, 1.807) is 36.5 Å². The second-order valence-electron chi connectivity index (χ2n) is 7.65. The van der Waals surface area contributed by atoms with Gasteiger partial charge in [-0.05, 0) is 68.9 Å². The Morgan fingerprint density at radius 3 is 2.62 bits per heavy atom. The van der Waals surface area contributed by atoms with Crippen LogP contribution in [0.25, 0.3) is 5.70 Å². The molecule has 2 heterocycles. The number of carbonyl (C=O) groups is 1. The topological polar surface area (TPSA) is 143 Å². The molecule has 1 aromatic heterocycles. The van der Waals surface area contributed by atoms with Crippen molar-refractivity contribution in [3.05, 3.63) is 71.8 Å². The highest BCUT2D eigenvalue weighted by Gasteiger charge is 2.20. The largest absolute Gasteiger partial charge is 0.397 e. The van der Waals surface area contributed by atoms with Crippen LogP contribution in [0.15, 0.2) is 65.6 Å². The highest BCUT2D eigenvalue weighted by molar-refractivity contribution is 6.03. The van der Waals surface area contributed by atoms with Crippen molar-refractivity contribution < 1.29 is 4.79 Å². The van der Waals surface area contributed by atoms with E-state index >= 15 is 0 Å². The molecule has 0 radical (unpaired) electrons. The molecule has 6 N–H and O–H groups in total. The highest BCUT2D eigenvalue weighted by atomic mass is 16.1. The Kier molecular flexibility index (Phi) is 7.82. The fourth-order valence-corrected chi connectivity index (χ4v) is 3.55. The summed E-state index contributed by atoms with van der Waals surface area (Å²) >= 11 is 0. The van der Waals surface area contributed by atoms with Gasteiger partial charge < -0.3 is 26.7 Å². The summed E-state index contributed by atoms with van der Waals surface area (Å²) in [7, 11) is 2.09. The van der Waals surface area contributed by atoms with Crippen molar-refractivity contribution >= 4 is 29.2 Å². The number of carbonyl (C=O) groups excluding carboxylic acids is 1. The zero-order valence-electron chi connectivity index (χ0n) is 18.0. The van der Waals surface area contributed by atoms with Gasteiger partial charge in [-0.1, -0.05) is 6.07 Å². The van der Waals surface area contributed by atoms with Gasteiger partial charge in [-0.2, -0.15) is 5.11 Å². The first-order valence-electron chi connectivity index (χ1n) is 10.4. The van der Waals surface area contributed by atoms with E-state index in [0.29, 0.717) is 17.1 Å². The van der Waals surface area contributed by atoms with Crippen molar-refractivity contribution in [3.8, 4) is 0 Å². The average molecular weight is 433 g/mol. The molecule has 1 fully saturated rings. The molecular formula is C23H28N8O. The van der Waals surface area contributed by atoms with Gasteiger partial charge in [0.2, 0.25) is 0 Å². The smallest absolute Gasteiger partial charge is 0.274 e. The average Bonchev–Trinajstić information content (AvgIpc) is 2.81. The third-order valence-electron chi connectivity index (χ3n) is 5.24. The molecule has 0 saturated carbocycles. The summed E-state index contributed by atoms with van der Waals surface area (Å²) in [6.45, 7) is 1.98. The predicted molar refractivity (Wildman–Crippen MR) is 127 cm³/mol. The molecule has 1 aliphatic heterocycles. The minimum atomic E-state index is -0.355. The lowest BCUT2D eigenvalue weighted by molar-refractivity contribution is 0.102. The van der Waals surface area contributed by atoms with Crippen LogP contribution >= 0.6 is 0 Å². The van der Waals surface area contributed by atoms with Crippen LogP contribution in [0.1, 0.15) is 29.0 Å². The number of nitrogens with zero attached hydrogens (tertiary/aromatic N) is 3. The summed E-state index contributed by atoms with van der Waals surface area (Å²) in [6.07, 6.45) is 6.40. The van der Waals surface area contributed by atoms with E-state index in [0.717, 1.165) is 43.5 Å². The number of piperidine rings is 1. The Hall–Kier alpha value is -3.85. The zero-order chi connectivity index (χ0) is 22.9. The van der Waals surface area contributed by atoms with Gasteiger partial charge in [-0.25, -0.2) is 10.5 Å². The summed E-state index contributed by atoms with van der Waals surface area (Å²) in [5.41, 5.74) is 16.5.